The third-order valence-electron chi connectivity index (χ3n) is 4.96. The first-order valence-electron chi connectivity index (χ1n) is 6.30. The molecule has 1 aromatic rings. The Kier molecular flexibility index (Phi) is 3.23. The molecule has 18 heavy (non-hydrogen) atoms. The van der Waals surface area contributed by atoms with Crippen molar-refractivity contribution in [3.8, 4) is 0 Å². The van der Waals surface area contributed by atoms with E-state index in [0.29, 0.717) is 17.0 Å². The van der Waals surface area contributed by atoms with Gasteiger partial charge in [0.1, 0.15) is 5.82 Å². The average molecular weight is 271 g/mol. The fourth-order valence-electron chi connectivity index (χ4n) is 3.24. The Bertz CT molecular complexity index is 454. The first-order chi connectivity index (χ1) is 8.18. The van der Waals surface area contributed by atoms with Gasteiger partial charge in [-0.05, 0) is 34.4 Å². The van der Waals surface area contributed by atoms with Crippen molar-refractivity contribution < 1.29 is 9.50 Å². The maximum atomic E-state index is 13.7. The molecule has 0 amide bonds. The summed E-state index contributed by atoms with van der Waals surface area (Å²) in [5.74, 6) is -0.127. The SMILES string of the molecule is CC1(C)C(C(O)Cc2ccc(Cl)cc2F)C1(C)C. The minimum atomic E-state index is -0.509. The Morgan fingerprint density at radius 1 is 1.28 bits per heavy atom. The van der Waals surface area contributed by atoms with Crippen molar-refractivity contribution in [2.24, 2.45) is 16.7 Å². The second-order valence-corrected chi connectivity index (χ2v) is 6.86. The summed E-state index contributed by atoms with van der Waals surface area (Å²) in [6.45, 7) is 8.61. The second-order valence-electron chi connectivity index (χ2n) is 6.43. The van der Waals surface area contributed by atoms with Gasteiger partial charge in [-0.3, -0.25) is 0 Å². The molecule has 1 unspecified atom stereocenters. The van der Waals surface area contributed by atoms with Gasteiger partial charge in [0, 0.05) is 11.4 Å². The molecule has 1 aliphatic rings. The van der Waals surface area contributed by atoms with Crippen molar-refractivity contribution in [3.05, 3.63) is 34.6 Å². The Hall–Kier alpha value is -0.600. The molecule has 0 bridgehead atoms. The van der Waals surface area contributed by atoms with Crippen molar-refractivity contribution in [1.29, 1.82) is 0 Å². The molecule has 0 spiro atoms. The monoisotopic (exact) mass is 270 g/mol. The number of halogens is 2. The molecule has 100 valence electrons. The minimum absolute atomic E-state index is 0.106. The standard InChI is InChI=1S/C15H20ClFO/c1-14(2)13(15(14,3)4)12(18)7-9-5-6-10(16)8-11(9)17/h5-6,8,12-13,18H,7H2,1-4H3. The van der Waals surface area contributed by atoms with E-state index >= 15 is 0 Å². The molecule has 1 saturated carbocycles. The zero-order chi connectivity index (χ0) is 13.7. The van der Waals surface area contributed by atoms with Gasteiger partial charge in [0.15, 0.2) is 0 Å². The summed E-state index contributed by atoms with van der Waals surface area (Å²) in [6, 6.07) is 4.62. The van der Waals surface area contributed by atoms with E-state index in [0.717, 1.165) is 0 Å². The van der Waals surface area contributed by atoms with Gasteiger partial charge in [-0.2, -0.15) is 0 Å². The van der Waals surface area contributed by atoms with Crippen LogP contribution in [0.5, 0.6) is 0 Å². The van der Waals surface area contributed by atoms with E-state index in [9.17, 15) is 9.50 Å². The largest absolute Gasteiger partial charge is 0.392 e. The number of rotatable bonds is 3. The van der Waals surface area contributed by atoms with E-state index in [1.165, 1.54) is 6.07 Å². The van der Waals surface area contributed by atoms with Crippen LogP contribution in [-0.2, 0) is 6.42 Å². The van der Waals surface area contributed by atoms with Crippen LogP contribution in [0.2, 0.25) is 5.02 Å². The molecule has 1 N–H and O–H groups in total. The predicted molar refractivity (Wildman–Crippen MR) is 72.2 cm³/mol. The van der Waals surface area contributed by atoms with E-state index in [2.05, 4.69) is 27.7 Å². The van der Waals surface area contributed by atoms with E-state index in [1.807, 2.05) is 0 Å². The summed E-state index contributed by atoms with van der Waals surface area (Å²) >= 11 is 5.72. The molecule has 1 aliphatic carbocycles. The van der Waals surface area contributed by atoms with Crippen molar-refractivity contribution >= 4 is 11.6 Å². The lowest BCUT2D eigenvalue weighted by Crippen LogP contribution is -2.18. The van der Waals surface area contributed by atoms with Gasteiger partial charge in [-0.15, -0.1) is 0 Å². The summed E-state index contributed by atoms with van der Waals surface area (Å²) in [5.41, 5.74) is 0.746. The molecule has 1 atom stereocenters. The molecule has 0 radical (unpaired) electrons. The quantitative estimate of drug-likeness (QED) is 0.878. The summed E-state index contributed by atoms with van der Waals surface area (Å²) in [6.07, 6.45) is -0.161. The molecule has 0 saturated heterocycles. The zero-order valence-corrected chi connectivity index (χ0v) is 12.1. The van der Waals surface area contributed by atoms with Crippen LogP contribution in [0.1, 0.15) is 33.3 Å². The van der Waals surface area contributed by atoms with Crippen molar-refractivity contribution in [1.82, 2.24) is 0 Å². The number of benzene rings is 1. The van der Waals surface area contributed by atoms with Crippen LogP contribution >= 0.6 is 11.6 Å². The van der Waals surface area contributed by atoms with Gasteiger partial charge in [0.05, 0.1) is 6.10 Å². The van der Waals surface area contributed by atoms with E-state index < -0.39 is 6.10 Å². The molecule has 2 rings (SSSR count). The fraction of sp³-hybridized carbons (Fsp3) is 0.600. The van der Waals surface area contributed by atoms with Gasteiger partial charge in [0.25, 0.3) is 0 Å². The third kappa shape index (κ3) is 2.06. The van der Waals surface area contributed by atoms with Gasteiger partial charge < -0.3 is 5.11 Å². The maximum absolute atomic E-state index is 13.7. The van der Waals surface area contributed by atoms with Crippen molar-refractivity contribution in [2.45, 2.75) is 40.2 Å². The van der Waals surface area contributed by atoms with Crippen LogP contribution in [0, 0.1) is 22.6 Å². The van der Waals surface area contributed by atoms with Gasteiger partial charge in [0.2, 0.25) is 0 Å². The average Bonchev–Trinajstić information content (AvgIpc) is 2.62. The molecule has 0 heterocycles. The normalized spacial score (nSPS) is 22.8. The van der Waals surface area contributed by atoms with Crippen LogP contribution in [0.3, 0.4) is 0 Å². The maximum Gasteiger partial charge on any atom is 0.127 e. The fourth-order valence-corrected chi connectivity index (χ4v) is 3.40. The smallest absolute Gasteiger partial charge is 0.127 e. The molecular formula is C15H20ClFO. The number of hydrogen-bond donors (Lipinski definition) is 1. The topological polar surface area (TPSA) is 20.2 Å². The van der Waals surface area contributed by atoms with Crippen LogP contribution in [0.25, 0.3) is 0 Å². The summed E-state index contributed by atoms with van der Waals surface area (Å²) in [4.78, 5) is 0. The molecule has 3 heteroatoms. The first kappa shape index (κ1) is 13.8. The molecule has 0 aromatic heterocycles. The van der Waals surface area contributed by atoms with Crippen molar-refractivity contribution in [2.75, 3.05) is 0 Å². The Balaban J connectivity index is 2.12. The molecule has 1 fully saturated rings. The minimum Gasteiger partial charge on any atom is -0.392 e. The molecule has 1 aromatic carbocycles. The third-order valence-corrected chi connectivity index (χ3v) is 5.20. The summed E-state index contributed by atoms with van der Waals surface area (Å²) < 4.78 is 13.7. The highest BCUT2D eigenvalue weighted by Crippen LogP contribution is 2.69. The lowest BCUT2D eigenvalue weighted by Gasteiger charge is -2.13. The van der Waals surface area contributed by atoms with Gasteiger partial charge in [-0.25, -0.2) is 4.39 Å². The second kappa shape index (κ2) is 4.21. The lowest BCUT2D eigenvalue weighted by molar-refractivity contribution is 0.128. The number of hydrogen-bond acceptors (Lipinski definition) is 1. The van der Waals surface area contributed by atoms with Gasteiger partial charge >= 0.3 is 0 Å². The highest BCUT2D eigenvalue weighted by Gasteiger charge is 2.66. The van der Waals surface area contributed by atoms with Crippen LogP contribution < -0.4 is 0 Å². The molecule has 1 nitrogen and oxygen atoms in total. The summed E-state index contributed by atoms with van der Waals surface area (Å²) in [5, 5.41) is 10.7. The van der Waals surface area contributed by atoms with Crippen LogP contribution in [0.4, 0.5) is 4.39 Å². The van der Waals surface area contributed by atoms with E-state index in [4.69, 9.17) is 11.6 Å². The Labute approximate surface area is 113 Å². The van der Waals surface area contributed by atoms with Gasteiger partial charge in [-0.1, -0.05) is 45.4 Å². The predicted octanol–water partition coefficient (Wildman–Crippen LogP) is 4.06. The first-order valence-corrected chi connectivity index (χ1v) is 6.67. The highest BCUT2D eigenvalue weighted by atomic mass is 35.5. The molecule has 0 aliphatic heterocycles. The zero-order valence-electron chi connectivity index (χ0n) is 11.3. The molecular weight excluding hydrogens is 251 g/mol. The lowest BCUT2D eigenvalue weighted by atomic mass is 9.99. The Morgan fingerprint density at radius 2 is 1.83 bits per heavy atom. The van der Waals surface area contributed by atoms with Crippen LogP contribution in [-0.4, -0.2) is 11.2 Å². The van der Waals surface area contributed by atoms with Crippen molar-refractivity contribution in [3.63, 3.8) is 0 Å². The summed E-state index contributed by atoms with van der Waals surface area (Å²) in [7, 11) is 0. The van der Waals surface area contributed by atoms with Crippen LogP contribution in [0.15, 0.2) is 18.2 Å². The number of aliphatic hydroxyl groups excluding tert-OH is 1. The van der Waals surface area contributed by atoms with E-state index in [1.54, 1.807) is 12.1 Å². The van der Waals surface area contributed by atoms with E-state index in [-0.39, 0.29) is 22.6 Å². The highest BCUT2D eigenvalue weighted by molar-refractivity contribution is 6.30. The number of aliphatic hydroxyl groups is 1. The Morgan fingerprint density at radius 3 is 2.28 bits per heavy atom.